The van der Waals surface area contributed by atoms with Crippen molar-refractivity contribution in [1.82, 2.24) is 24.8 Å². The maximum Gasteiger partial charge on any atom is 0.250 e. The maximum atomic E-state index is 12.1. The van der Waals surface area contributed by atoms with Crippen molar-refractivity contribution < 1.29 is 4.74 Å². The van der Waals surface area contributed by atoms with Crippen LogP contribution in [0, 0.1) is 5.92 Å². The number of nitrogens with zero attached hydrogens (tertiary/aromatic N) is 4. The summed E-state index contributed by atoms with van der Waals surface area (Å²) in [5.41, 5.74) is 3.66. The van der Waals surface area contributed by atoms with Crippen LogP contribution in [0.15, 0.2) is 40.3 Å². The molecule has 1 fully saturated rings. The van der Waals surface area contributed by atoms with Crippen molar-refractivity contribution in [2.45, 2.75) is 24.3 Å². The van der Waals surface area contributed by atoms with E-state index in [1.54, 1.807) is 41.7 Å². The first-order chi connectivity index (χ1) is 15.6. The molecule has 2 aliphatic heterocycles. The van der Waals surface area contributed by atoms with E-state index in [9.17, 15) is 4.79 Å². The third-order valence-electron chi connectivity index (χ3n) is 6.29. The molecule has 34 heavy (non-hydrogen) atoms. The van der Waals surface area contributed by atoms with E-state index in [1.165, 1.54) is 11.3 Å². The van der Waals surface area contributed by atoms with Crippen molar-refractivity contribution in [1.29, 1.82) is 0 Å². The monoisotopic (exact) mass is 543 g/mol. The molecule has 3 aromatic heterocycles. The lowest BCUT2D eigenvalue weighted by Crippen LogP contribution is -2.28. The Morgan fingerprint density at radius 2 is 2.12 bits per heavy atom. The second-order valence-electron chi connectivity index (χ2n) is 8.41. The molecular weight excluding hydrogens is 517 g/mol. The first kappa shape index (κ1) is 27.0. The molecule has 1 atom stereocenters. The summed E-state index contributed by atoms with van der Waals surface area (Å²) in [5, 5.41) is 4.20. The number of halogens is 3. The zero-order chi connectivity index (χ0) is 22.1. The van der Waals surface area contributed by atoms with Gasteiger partial charge in [-0.15, -0.1) is 24.8 Å². The third-order valence-corrected chi connectivity index (χ3v) is 7.48. The largest absolute Gasteiger partial charge is 0.480 e. The third kappa shape index (κ3) is 5.80. The predicted molar refractivity (Wildman–Crippen MR) is 142 cm³/mol. The second-order valence-corrected chi connectivity index (χ2v) is 9.79. The Morgan fingerprint density at radius 1 is 1.26 bits per heavy atom. The van der Waals surface area contributed by atoms with E-state index in [1.807, 2.05) is 6.20 Å². The molecule has 5 rings (SSSR count). The second kappa shape index (κ2) is 11.9. The van der Waals surface area contributed by atoms with Gasteiger partial charge in [-0.25, -0.2) is 0 Å². The van der Waals surface area contributed by atoms with Gasteiger partial charge in [-0.2, -0.15) is 0 Å². The highest BCUT2D eigenvalue weighted by Crippen LogP contribution is 2.35. The van der Waals surface area contributed by atoms with Crippen LogP contribution in [-0.4, -0.2) is 51.6 Å². The van der Waals surface area contributed by atoms with Crippen LogP contribution in [0.2, 0.25) is 5.02 Å². The molecule has 1 N–H and O–H groups in total. The summed E-state index contributed by atoms with van der Waals surface area (Å²) in [7, 11) is 1.78. The first-order valence-electron chi connectivity index (χ1n) is 10.9. The normalized spacial score (nSPS) is 17.2. The smallest absolute Gasteiger partial charge is 0.250 e. The van der Waals surface area contributed by atoms with Gasteiger partial charge < -0.3 is 19.5 Å². The molecule has 0 amide bonds. The number of aromatic nitrogens is 3. The fraction of sp³-hybridized carbons (Fsp3) is 0.435. The number of hydrogen-bond acceptors (Lipinski definition) is 7. The van der Waals surface area contributed by atoms with Crippen LogP contribution in [-0.2, 0) is 20.0 Å². The molecule has 3 aromatic rings. The number of rotatable bonds is 7. The van der Waals surface area contributed by atoms with Gasteiger partial charge in [0.15, 0.2) is 5.75 Å². The van der Waals surface area contributed by atoms with Gasteiger partial charge in [0.1, 0.15) is 5.94 Å². The van der Waals surface area contributed by atoms with E-state index >= 15 is 0 Å². The summed E-state index contributed by atoms with van der Waals surface area (Å²) >= 11 is 8.20. The number of nitrogens with one attached hydrogen (secondary N) is 1. The lowest BCUT2D eigenvalue weighted by molar-refractivity contribution is 0.325. The lowest BCUT2D eigenvalue weighted by Gasteiger charge is -2.18. The van der Waals surface area contributed by atoms with Crippen LogP contribution in [0.1, 0.15) is 17.7 Å². The number of thioether (sulfide) groups is 1. The molecule has 2 aliphatic rings. The Bertz CT molecular complexity index is 1210. The van der Waals surface area contributed by atoms with Gasteiger partial charge in [0, 0.05) is 38.9 Å². The summed E-state index contributed by atoms with van der Waals surface area (Å²) in [6.07, 6.45) is 5.50. The van der Waals surface area contributed by atoms with Gasteiger partial charge in [-0.05, 0) is 49.5 Å². The Morgan fingerprint density at radius 3 is 2.97 bits per heavy atom. The van der Waals surface area contributed by atoms with Crippen LogP contribution in [0.25, 0.3) is 11.0 Å². The average Bonchev–Trinajstić information content (AvgIpc) is 3.45. The van der Waals surface area contributed by atoms with E-state index in [2.05, 4.69) is 26.3 Å². The molecule has 0 spiro atoms. The van der Waals surface area contributed by atoms with E-state index in [0.29, 0.717) is 16.9 Å². The van der Waals surface area contributed by atoms with E-state index in [0.717, 1.165) is 67.2 Å². The minimum atomic E-state index is -0.0425. The molecule has 0 saturated carbocycles. The van der Waals surface area contributed by atoms with Gasteiger partial charge in [0.2, 0.25) is 0 Å². The fourth-order valence-corrected chi connectivity index (χ4v) is 5.55. The van der Waals surface area contributed by atoms with Gasteiger partial charge in [0.25, 0.3) is 5.56 Å². The van der Waals surface area contributed by atoms with Crippen LogP contribution in [0.4, 0.5) is 0 Å². The highest BCUT2D eigenvalue weighted by Gasteiger charge is 2.23. The number of likely N-dealkylation sites (tertiary alicyclic amines) is 1. The summed E-state index contributed by atoms with van der Waals surface area (Å²) in [4.78, 5) is 24.7. The number of ether oxygens (including phenoxy) is 1. The minimum absolute atomic E-state index is 0. The highest BCUT2D eigenvalue weighted by molar-refractivity contribution is 7.99. The van der Waals surface area contributed by atoms with Crippen molar-refractivity contribution in [2.24, 2.45) is 13.0 Å². The van der Waals surface area contributed by atoms with Crippen molar-refractivity contribution in [3.05, 3.63) is 57.2 Å². The molecule has 11 heteroatoms. The number of fused-ring (bicyclic) bond motifs is 2. The first-order valence-corrected chi connectivity index (χ1v) is 12.3. The van der Waals surface area contributed by atoms with Gasteiger partial charge in [-0.3, -0.25) is 14.8 Å². The highest BCUT2D eigenvalue weighted by atomic mass is 35.5. The molecular formula is C23H28Cl3N5O2S. The van der Waals surface area contributed by atoms with Crippen molar-refractivity contribution in [3.8, 4) is 5.75 Å². The molecule has 0 radical (unpaired) electrons. The van der Waals surface area contributed by atoms with Crippen molar-refractivity contribution in [3.63, 3.8) is 0 Å². The standard InChI is InChI=1S/C23H26ClN5O2S.2ClH/c1-28-22(30)3-2-19-23(28)17(18(24)11-27-19)5-7-29-6-4-15(13-29)9-25-10-16-8-21-20(12-26-16)31-14-32-21;;/h2-3,8,11-12,15,25H,4-7,9-10,13-14H2,1H3;2*1H/t15-;;/m0../s1. The average molecular weight is 545 g/mol. The number of aryl methyl sites for hydroxylation is 1. The molecule has 0 aliphatic carbocycles. The molecule has 184 valence electrons. The Hall–Kier alpha value is -1.55. The zero-order valence-electron chi connectivity index (χ0n) is 18.8. The van der Waals surface area contributed by atoms with Crippen LogP contribution < -0.4 is 15.6 Å². The van der Waals surface area contributed by atoms with Crippen molar-refractivity contribution in [2.75, 3.05) is 32.1 Å². The van der Waals surface area contributed by atoms with Gasteiger partial charge >= 0.3 is 0 Å². The molecule has 0 unspecified atom stereocenters. The molecule has 0 aromatic carbocycles. The SMILES string of the molecule is Cl.Cl.Cn1c(=O)ccc2ncc(Cl)c(CCN3CC[C@@H](CNCc4cc5c(cn4)OCS5)C3)c21. The van der Waals surface area contributed by atoms with Crippen LogP contribution in [0.5, 0.6) is 5.75 Å². The Balaban J connectivity index is 0.00000162. The minimum Gasteiger partial charge on any atom is -0.480 e. The van der Waals surface area contributed by atoms with Crippen molar-refractivity contribution >= 4 is 59.2 Å². The molecule has 0 bridgehead atoms. The maximum absolute atomic E-state index is 12.1. The molecule has 1 saturated heterocycles. The summed E-state index contributed by atoms with van der Waals surface area (Å²) in [5.74, 6) is 2.20. The predicted octanol–water partition coefficient (Wildman–Crippen LogP) is 3.92. The Labute approximate surface area is 220 Å². The topological polar surface area (TPSA) is 72.3 Å². The van der Waals surface area contributed by atoms with Gasteiger partial charge in [-0.1, -0.05) is 23.4 Å². The van der Waals surface area contributed by atoms with E-state index in [4.69, 9.17) is 16.3 Å². The summed E-state index contributed by atoms with van der Waals surface area (Å²) in [6, 6.07) is 5.45. The molecule has 5 heterocycles. The quantitative estimate of drug-likeness (QED) is 0.483. The summed E-state index contributed by atoms with van der Waals surface area (Å²) < 4.78 is 7.15. The molecule has 7 nitrogen and oxygen atoms in total. The lowest BCUT2D eigenvalue weighted by atomic mass is 10.1. The summed E-state index contributed by atoms with van der Waals surface area (Å²) in [6.45, 7) is 4.82. The van der Waals surface area contributed by atoms with E-state index in [-0.39, 0.29) is 30.4 Å². The van der Waals surface area contributed by atoms with Gasteiger partial charge in [0.05, 0.1) is 32.8 Å². The van der Waals surface area contributed by atoms with E-state index < -0.39 is 0 Å². The number of pyridine rings is 3. The zero-order valence-corrected chi connectivity index (χ0v) is 22.0. The van der Waals surface area contributed by atoms with Crippen LogP contribution in [0.3, 0.4) is 0 Å². The number of hydrogen-bond donors (Lipinski definition) is 1. The fourth-order valence-electron chi connectivity index (χ4n) is 4.54. The van der Waals surface area contributed by atoms with Crippen LogP contribution >= 0.6 is 48.2 Å². The Kier molecular flexibility index (Phi) is 9.49.